The number of carbonyl (C=O) groups is 2. The number of piperidine rings is 1. The van der Waals surface area contributed by atoms with Crippen LogP contribution in [0.3, 0.4) is 0 Å². The summed E-state index contributed by atoms with van der Waals surface area (Å²) < 4.78 is 5.79. The van der Waals surface area contributed by atoms with Crippen molar-refractivity contribution in [3.63, 3.8) is 0 Å². The number of halogens is 1. The van der Waals surface area contributed by atoms with Crippen LogP contribution in [0.5, 0.6) is 0 Å². The maximum atomic E-state index is 13.4. The van der Waals surface area contributed by atoms with E-state index in [2.05, 4.69) is 0 Å². The van der Waals surface area contributed by atoms with E-state index < -0.39 is 0 Å². The van der Waals surface area contributed by atoms with Gasteiger partial charge in [0.25, 0.3) is 11.8 Å². The summed E-state index contributed by atoms with van der Waals surface area (Å²) in [5.41, 5.74) is 2.96. The van der Waals surface area contributed by atoms with E-state index in [4.69, 9.17) is 21.3 Å². The summed E-state index contributed by atoms with van der Waals surface area (Å²) in [6.45, 7) is 8.34. The maximum Gasteiger partial charge on any atom is 0.255 e. The van der Waals surface area contributed by atoms with Gasteiger partial charge >= 0.3 is 0 Å². The van der Waals surface area contributed by atoms with E-state index in [9.17, 15) is 9.59 Å². The van der Waals surface area contributed by atoms with Gasteiger partial charge in [0.15, 0.2) is 0 Å². The third-order valence-electron chi connectivity index (χ3n) is 6.27. The molecule has 1 aromatic carbocycles. The van der Waals surface area contributed by atoms with Crippen molar-refractivity contribution >= 4 is 23.4 Å². The van der Waals surface area contributed by atoms with Crippen LogP contribution in [0.4, 0.5) is 0 Å². The normalized spacial score (nSPS) is 22.1. The molecule has 4 rings (SSSR count). The average Bonchev–Trinajstić information content (AvgIpc) is 2.78. The second kappa shape index (κ2) is 9.59. The Labute approximate surface area is 194 Å². The Morgan fingerprint density at radius 2 is 1.56 bits per heavy atom. The van der Waals surface area contributed by atoms with Gasteiger partial charge in [0.2, 0.25) is 0 Å². The number of amides is 2. The van der Waals surface area contributed by atoms with Gasteiger partial charge in [0, 0.05) is 37.8 Å². The van der Waals surface area contributed by atoms with Gasteiger partial charge in [0.05, 0.1) is 34.1 Å². The first-order valence-corrected chi connectivity index (χ1v) is 11.7. The van der Waals surface area contributed by atoms with Crippen LogP contribution >= 0.6 is 11.6 Å². The molecule has 2 aliphatic rings. The highest BCUT2D eigenvalue weighted by molar-refractivity contribution is 6.33. The summed E-state index contributed by atoms with van der Waals surface area (Å²) in [7, 11) is 0. The van der Waals surface area contributed by atoms with E-state index in [1.807, 2.05) is 54.8 Å². The highest BCUT2D eigenvalue weighted by Gasteiger charge is 2.32. The fourth-order valence-corrected chi connectivity index (χ4v) is 4.96. The molecule has 6 nitrogen and oxygen atoms in total. The van der Waals surface area contributed by atoms with Crippen LogP contribution in [0.2, 0.25) is 5.02 Å². The Hall–Kier alpha value is -2.44. The van der Waals surface area contributed by atoms with Crippen LogP contribution in [0.25, 0.3) is 0 Å². The Kier molecular flexibility index (Phi) is 6.82. The number of ether oxygens (including phenoxy) is 1. The maximum absolute atomic E-state index is 13.4. The van der Waals surface area contributed by atoms with Crippen molar-refractivity contribution in [2.24, 2.45) is 0 Å². The van der Waals surface area contributed by atoms with Crippen molar-refractivity contribution in [2.45, 2.75) is 51.7 Å². The van der Waals surface area contributed by atoms with Crippen LogP contribution in [-0.2, 0) is 4.74 Å². The molecule has 2 unspecified atom stereocenters. The summed E-state index contributed by atoms with van der Waals surface area (Å²) >= 11 is 6.22. The molecular formula is C25H30ClN3O3. The number of pyridine rings is 1. The summed E-state index contributed by atoms with van der Waals surface area (Å²) in [6, 6.07) is 11.0. The number of hydrogen-bond donors (Lipinski definition) is 0. The van der Waals surface area contributed by atoms with E-state index in [0.717, 1.165) is 24.2 Å². The third-order valence-corrected chi connectivity index (χ3v) is 6.60. The van der Waals surface area contributed by atoms with Gasteiger partial charge in [-0.3, -0.25) is 14.6 Å². The number of morpholine rings is 1. The van der Waals surface area contributed by atoms with Crippen molar-refractivity contribution in [3.05, 3.63) is 63.9 Å². The number of nitrogens with zero attached hydrogens (tertiary/aromatic N) is 3. The van der Waals surface area contributed by atoms with Crippen LogP contribution in [0.15, 0.2) is 36.4 Å². The highest BCUT2D eigenvalue weighted by Crippen LogP contribution is 2.31. The van der Waals surface area contributed by atoms with Gasteiger partial charge in [-0.15, -0.1) is 0 Å². The van der Waals surface area contributed by atoms with Crippen molar-refractivity contribution in [1.29, 1.82) is 0 Å². The molecule has 1 aromatic heterocycles. The van der Waals surface area contributed by atoms with E-state index in [1.54, 1.807) is 12.1 Å². The Bertz CT molecular complexity index is 994. The monoisotopic (exact) mass is 455 g/mol. The molecule has 0 radical (unpaired) electrons. The van der Waals surface area contributed by atoms with Crippen molar-refractivity contribution in [2.75, 3.05) is 26.2 Å². The minimum atomic E-state index is -0.0427. The number of aromatic nitrogens is 1. The lowest BCUT2D eigenvalue weighted by Crippen LogP contribution is -2.48. The molecular weight excluding hydrogens is 426 g/mol. The van der Waals surface area contributed by atoms with E-state index in [-0.39, 0.29) is 29.9 Å². The predicted molar refractivity (Wildman–Crippen MR) is 124 cm³/mol. The highest BCUT2D eigenvalue weighted by atomic mass is 35.5. The SMILES string of the molecule is Cc1ccc(C(=O)N2CC(C)OC(C)C2)c(C2CCN(C(=O)c3ccccc3Cl)CC2)n1. The first-order chi connectivity index (χ1) is 15.3. The number of benzene rings is 1. The molecule has 2 saturated heterocycles. The largest absolute Gasteiger partial charge is 0.372 e. The lowest BCUT2D eigenvalue weighted by molar-refractivity contribution is -0.0586. The van der Waals surface area contributed by atoms with Gasteiger partial charge < -0.3 is 14.5 Å². The molecule has 2 fully saturated rings. The molecule has 3 heterocycles. The van der Waals surface area contributed by atoms with Crippen molar-refractivity contribution in [3.8, 4) is 0 Å². The minimum Gasteiger partial charge on any atom is -0.372 e. The fourth-order valence-electron chi connectivity index (χ4n) is 4.74. The molecule has 2 aliphatic heterocycles. The summed E-state index contributed by atoms with van der Waals surface area (Å²) in [5, 5.41) is 0.474. The first kappa shape index (κ1) is 22.7. The molecule has 170 valence electrons. The smallest absolute Gasteiger partial charge is 0.255 e. The Morgan fingerprint density at radius 1 is 0.938 bits per heavy atom. The second-order valence-electron chi connectivity index (χ2n) is 8.90. The van der Waals surface area contributed by atoms with Crippen LogP contribution in [-0.4, -0.2) is 65.0 Å². The van der Waals surface area contributed by atoms with Crippen LogP contribution in [0.1, 0.15) is 64.7 Å². The van der Waals surface area contributed by atoms with Crippen LogP contribution < -0.4 is 0 Å². The van der Waals surface area contributed by atoms with Gasteiger partial charge in [-0.2, -0.15) is 0 Å². The Morgan fingerprint density at radius 3 is 2.22 bits per heavy atom. The lowest BCUT2D eigenvalue weighted by atomic mass is 9.89. The second-order valence-corrected chi connectivity index (χ2v) is 9.31. The molecule has 2 aromatic rings. The summed E-state index contributed by atoms with van der Waals surface area (Å²) in [4.78, 5) is 34.8. The number of likely N-dealkylation sites (tertiary alicyclic amines) is 1. The van der Waals surface area contributed by atoms with Gasteiger partial charge in [-0.05, 0) is 57.9 Å². The van der Waals surface area contributed by atoms with Gasteiger partial charge in [-0.25, -0.2) is 0 Å². The van der Waals surface area contributed by atoms with Gasteiger partial charge in [-0.1, -0.05) is 23.7 Å². The zero-order valence-corrected chi connectivity index (χ0v) is 19.6. The average molecular weight is 456 g/mol. The zero-order chi connectivity index (χ0) is 22.8. The molecule has 2 amide bonds. The number of hydrogen-bond acceptors (Lipinski definition) is 4. The standard InChI is InChI=1S/C25H30ClN3O3/c1-16-8-9-21(25(31)29-14-17(2)32-18(3)15-29)23(27-16)19-10-12-28(13-11-19)24(30)20-6-4-5-7-22(20)26/h4-9,17-19H,10-15H2,1-3H3. The first-order valence-electron chi connectivity index (χ1n) is 11.3. The van der Waals surface area contributed by atoms with Crippen LogP contribution in [0, 0.1) is 6.92 Å². The number of rotatable bonds is 3. The number of carbonyl (C=O) groups excluding carboxylic acids is 2. The molecule has 0 N–H and O–H groups in total. The zero-order valence-electron chi connectivity index (χ0n) is 18.9. The van der Waals surface area contributed by atoms with E-state index in [0.29, 0.717) is 42.3 Å². The Balaban J connectivity index is 1.50. The predicted octanol–water partition coefficient (Wildman–Crippen LogP) is 4.31. The topological polar surface area (TPSA) is 62.7 Å². The molecule has 0 bridgehead atoms. The van der Waals surface area contributed by atoms with E-state index in [1.165, 1.54) is 0 Å². The van der Waals surface area contributed by atoms with E-state index >= 15 is 0 Å². The van der Waals surface area contributed by atoms with Crippen molar-refractivity contribution < 1.29 is 14.3 Å². The molecule has 2 atom stereocenters. The molecule has 0 spiro atoms. The van der Waals surface area contributed by atoms with Crippen molar-refractivity contribution in [1.82, 2.24) is 14.8 Å². The quantitative estimate of drug-likeness (QED) is 0.691. The number of aryl methyl sites for hydroxylation is 1. The van der Waals surface area contributed by atoms with Gasteiger partial charge in [0.1, 0.15) is 0 Å². The summed E-state index contributed by atoms with van der Waals surface area (Å²) in [5.74, 6) is 0.114. The lowest BCUT2D eigenvalue weighted by Gasteiger charge is -2.36. The molecule has 32 heavy (non-hydrogen) atoms. The third kappa shape index (κ3) is 4.81. The minimum absolute atomic E-state index is 0.0172. The molecule has 0 saturated carbocycles. The summed E-state index contributed by atoms with van der Waals surface area (Å²) in [6.07, 6.45) is 1.57. The molecule has 0 aliphatic carbocycles. The fraction of sp³-hybridized carbons (Fsp3) is 0.480. The molecule has 7 heteroatoms.